The van der Waals surface area contributed by atoms with Crippen molar-refractivity contribution in [3.05, 3.63) is 65.5 Å². The lowest BCUT2D eigenvalue weighted by Gasteiger charge is -2.07. The molecule has 4 nitrogen and oxygen atoms in total. The molecule has 0 saturated heterocycles. The number of para-hydroxylation sites is 1. The highest BCUT2D eigenvalue weighted by Gasteiger charge is 2.09. The molecule has 0 aliphatic rings. The maximum Gasteiger partial charge on any atom is 0.254 e. The molecule has 0 atom stereocenters. The molecule has 0 unspecified atom stereocenters. The highest BCUT2D eigenvalue weighted by molar-refractivity contribution is 5.52. The molecule has 1 aromatic heterocycles. The number of aryl methyl sites for hydroxylation is 2. The predicted molar refractivity (Wildman–Crippen MR) is 84.6 cm³/mol. The van der Waals surface area contributed by atoms with E-state index in [1.165, 1.54) is 11.1 Å². The van der Waals surface area contributed by atoms with Crippen molar-refractivity contribution in [3.8, 4) is 17.2 Å². The van der Waals surface area contributed by atoms with E-state index < -0.39 is 0 Å². The van der Waals surface area contributed by atoms with Crippen molar-refractivity contribution in [2.75, 3.05) is 0 Å². The minimum Gasteiger partial charge on any atom is -0.484 e. The molecular weight excluding hydrogens is 276 g/mol. The monoisotopic (exact) mass is 294 g/mol. The van der Waals surface area contributed by atoms with Gasteiger partial charge in [-0.1, -0.05) is 42.8 Å². The summed E-state index contributed by atoms with van der Waals surface area (Å²) < 4.78 is 11.4. The standard InChI is InChI=1S/C18H18N2O2/c1-3-14-6-4-5-7-16(14)21-12-17-19-20-18(22-17)15-10-8-13(2)9-11-15/h4-11H,3,12H2,1-2H3. The van der Waals surface area contributed by atoms with Crippen molar-refractivity contribution in [1.29, 1.82) is 0 Å². The highest BCUT2D eigenvalue weighted by atomic mass is 16.5. The van der Waals surface area contributed by atoms with Gasteiger partial charge in [0.05, 0.1) is 0 Å². The van der Waals surface area contributed by atoms with Gasteiger partial charge in [-0.15, -0.1) is 10.2 Å². The van der Waals surface area contributed by atoms with Gasteiger partial charge < -0.3 is 9.15 Å². The Hall–Kier alpha value is -2.62. The number of ether oxygens (including phenoxy) is 1. The topological polar surface area (TPSA) is 48.2 Å². The molecule has 1 heterocycles. The maximum absolute atomic E-state index is 5.79. The summed E-state index contributed by atoms with van der Waals surface area (Å²) in [6, 6.07) is 16.0. The van der Waals surface area contributed by atoms with Crippen molar-refractivity contribution < 1.29 is 9.15 Å². The summed E-state index contributed by atoms with van der Waals surface area (Å²) in [7, 11) is 0. The molecule has 0 bridgehead atoms. The van der Waals surface area contributed by atoms with Gasteiger partial charge in [-0.3, -0.25) is 0 Å². The number of hydrogen-bond acceptors (Lipinski definition) is 4. The fourth-order valence-electron chi connectivity index (χ4n) is 2.20. The van der Waals surface area contributed by atoms with Crippen LogP contribution in [0.25, 0.3) is 11.5 Å². The predicted octanol–water partition coefficient (Wildman–Crippen LogP) is 4.19. The molecule has 2 aromatic carbocycles. The van der Waals surface area contributed by atoms with E-state index in [4.69, 9.17) is 9.15 Å². The summed E-state index contributed by atoms with van der Waals surface area (Å²) in [4.78, 5) is 0. The first-order chi connectivity index (χ1) is 10.8. The molecule has 3 aromatic rings. The van der Waals surface area contributed by atoms with E-state index in [9.17, 15) is 0 Å². The molecule has 0 aliphatic carbocycles. The quantitative estimate of drug-likeness (QED) is 0.708. The van der Waals surface area contributed by atoms with Crippen LogP contribution in [-0.4, -0.2) is 10.2 Å². The number of hydrogen-bond donors (Lipinski definition) is 0. The molecular formula is C18H18N2O2. The van der Waals surface area contributed by atoms with E-state index in [1.54, 1.807) is 0 Å². The largest absolute Gasteiger partial charge is 0.484 e. The average Bonchev–Trinajstić information content (AvgIpc) is 3.03. The first-order valence-corrected chi connectivity index (χ1v) is 7.36. The van der Waals surface area contributed by atoms with Crippen molar-refractivity contribution >= 4 is 0 Å². The minimum absolute atomic E-state index is 0.274. The second-order valence-corrected chi connectivity index (χ2v) is 5.12. The molecule has 0 spiro atoms. The van der Waals surface area contributed by atoms with Crippen molar-refractivity contribution in [2.24, 2.45) is 0 Å². The van der Waals surface area contributed by atoms with Crippen LogP contribution < -0.4 is 4.74 Å². The Labute approximate surface area is 129 Å². The second-order valence-electron chi connectivity index (χ2n) is 5.12. The molecule has 112 valence electrons. The number of nitrogens with zero attached hydrogens (tertiary/aromatic N) is 2. The Morgan fingerprint density at radius 1 is 1.00 bits per heavy atom. The third-order valence-corrected chi connectivity index (χ3v) is 3.47. The first kappa shape index (κ1) is 14.3. The van der Waals surface area contributed by atoms with Gasteiger partial charge in [0.2, 0.25) is 5.89 Å². The Balaban J connectivity index is 1.71. The molecule has 3 rings (SSSR count). The fourth-order valence-corrected chi connectivity index (χ4v) is 2.20. The molecule has 0 fully saturated rings. The summed E-state index contributed by atoms with van der Waals surface area (Å²) in [6.45, 7) is 4.42. The van der Waals surface area contributed by atoms with Gasteiger partial charge in [-0.05, 0) is 37.1 Å². The van der Waals surface area contributed by atoms with E-state index in [1.807, 2.05) is 49.4 Å². The Bertz CT molecular complexity index is 748. The van der Waals surface area contributed by atoms with Crippen LogP contribution in [0.15, 0.2) is 52.9 Å². The number of benzene rings is 2. The van der Waals surface area contributed by atoms with E-state index in [0.29, 0.717) is 11.8 Å². The number of aromatic nitrogens is 2. The summed E-state index contributed by atoms with van der Waals surface area (Å²) in [5.41, 5.74) is 3.28. The smallest absolute Gasteiger partial charge is 0.254 e. The normalized spacial score (nSPS) is 10.6. The fraction of sp³-hybridized carbons (Fsp3) is 0.222. The molecule has 0 N–H and O–H groups in total. The molecule has 0 saturated carbocycles. The Kier molecular flexibility index (Phi) is 4.19. The minimum atomic E-state index is 0.274. The van der Waals surface area contributed by atoms with Gasteiger partial charge in [0, 0.05) is 5.56 Å². The zero-order valence-corrected chi connectivity index (χ0v) is 12.7. The van der Waals surface area contributed by atoms with E-state index in [2.05, 4.69) is 23.2 Å². The average molecular weight is 294 g/mol. The van der Waals surface area contributed by atoms with Gasteiger partial charge in [0.25, 0.3) is 5.89 Å². The van der Waals surface area contributed by atoms with Crippen LogP contribution in [-0.2, 0) is 13.0 Å². The van der Waals surface area contributed by atoms with E-state index >= 15 is 0 Å². The summed E-state index contributed by atoms with van der Waals surface area (Å²) >= 11 is 0. The van der Waals surface area contributed by atoms with Gasteiger partial charge in [-0.25, -0.2) is 0 Å². The lowest BCUT2D eigenvalue weighted by atomic mass is 10.1. The zero-order chi connectivity index (χ0) is 15.4. The van der Waals surface area contributed by atoms with Crippen LogP contribution >= 0.6 is 0 Å². The second kappa shape index (κ2) is 6.43. The highest BCUT2D eigenvalue weighted by Crippen LogP contribution is 2.21. The van der Waals surface area contributed by atoms with Crippen LogP contribution in [0.4, 0.5) is 0 Å². The van der Waals surface area contributed by atoms with Crippen LogP contribution in [0.5, 0.6) is 5.75 Å². The summed E-state index contributed by atoms with van der Waals surface area (Å²) in [5.74, 6) is 1.85. The van der Waals surface area contributed by atoms with Crippen LogP contribution in [0.2, 0.25) is 0 Å². The molecule has 0 radical (unpaired) electrons. The zero-order valence-electron chi connectivity index (χ0n) is 12.7. The lowest BCUT2D eigenvalue weighted by molar-refractivity contribution is 0.262. The molecule has 0 aliphatic heterocycles. The number of rotatable bonds is 5. The van der Waals surface area contributed by atoms with Gasteiger partial charge >= 0.3 is 0 Å². The molecule has 4 heteroatoms. The lowest BCUT2D eigenvalue weighted by Crippen LogP contribution is -1.98. The summed E-state index contributed by atoms with van der Waals surface area (Å²) in [5, 5.41) is 8.12. The van der Waals surface area contributed by atoms with Gasteiger partial charge in [0.15, 0.2) is 6.61 Å². The van der Waals surface area contributed by atoms with Crippen molar-refractivity contribution in [3.63, 3.8) is 0 Å². The van der Waals surface area contributed by atoms with Crippen LogP contribution in [0, 0.1) is 6.92 Å². The Morgan fingerprint density at radius 3 is 2.55 bits per heavy atom. The third-order valence-electron chi connectivity index (χ3n) is 3.47. The van der Waals surface area contributed by atoms with E-state index in [-0.39, 0.29) is 6.61 Å². The first-order valence-electron chi connectivity index (χ1n) is 7.36. The summed E-state index contributed by atoms with van der Waals surface area (Å²) in [6.07, 6.45) is 0.925. The maximum atomic E-state index is 5.79. The van der Waals surface area contributed by atoms with Crippen molar-refractivity contribution in [1.82, 2.24) is 10.2 Å². The molecule has 0 amide bonds. The van der Waals surface area contributed by atoms with Crippen LogP contribution in [0.1, 0.15) is 23.9 Å². The Morgan fingerprint density at radius 2 is 1.77 bits per heavy atom. The van der Waals surface area contributed by atoms with Gasteiger partial charge in [0.1, 0.15) is 5.75 Å². The molecule has 22 heavy (non-hydrogen) atoms. The van der Waals surface area contributed by atoms with E-state index in [0.717, 1.165) is 17.7 Å². The third kappa shape index (κ3) is 3.17. The SMILES string of the molecule is CCc1ccccc1OCc1nnc(-c2ccc(C)cc2)o1. The van der Waals surface area contributed by atoms with Crippen molar-refractivity contribution in [2.45, 2.75) is 26.9 Å². The van der Waals surface area contributed by atoms with Gasteiger partial charge in [-0.2, -0.15) is 0 Å². The van der Waals surface area contributed by atoms with Crippen LogP contribution in [0.3, 0.4) is 0 Å².